The quantitative estimate of drug-likeness (QED) is 0.371. The highest BCUT2D eigenvalue weighted by Gasteiger charge is 2.51. The third kappa shape index (κ3) is 3.43. The zero-order valence-corrected chi connectivity index (χ0v) is 19.2. The van der Waals surface area contributed by atoms with Gasteiger partial charge in [0, 0.05) is 18.7 Å². The first-order valence-electron chi connectivity index (χ1n) is 10.7. The number of aromatic nitrogens is 3. The molecule has 1 aliphatic carbocycles. The van der Waals surface area contributed by atoms with Gasteiger partial charge >= 0.3 is 0 Å². The van der Waals surface area contributed by atoms with Gasteiger partial charge in [-0.2, -0.15) is 4.98 Å². The van der Waals surface area contributed by atoms with Crippen molar-refractivity contribution in [3.8, 4) is 0 Å². The van der Waals surface area contributed by atoms with Crippen LogP contribution in [0.1, 0.15) is 44.0 Å². The van der Waals surface area contributed by atoms with E-state index in [2.05, 4.69) is 15.3 Å². The van der Waals surface area contributed by atoms with Crippen molar-refractivity contribution in [2.75, 3.05) is 12.4 Å². The number of carbonyl (C=O) groups is 1. The van der Waals surface area contributed by atoms with E-state index in [0.717, 1.165) is 30.3 Å². The summed E-state index contributed by atoms with van der Waals surface area (Å²) in [5, 5.41) is 9.67. The van der Waals surface area contributed by atoms with Gasteiger partial charge in [0.05, 0.1) is 16.3 Å². The summed E-state index contributed by atoms with van der Waals surface area (Å²) >= 11 is 0. The molecule has 2 aromatic heterocycles. The molecule has 1 fully saturated rings. The van der Waals surface area contributed by atoms with Gasteiger partial charge in [0.25, 0.3) is 5.91 Å². The van der Waals surface area contributed by atoms with Gasteiger partial charge in [0.1, 0.15) is 17.0 Å². The van der Waals surface area contributed by atoms with Crippen molar-refractivity contribution < 1.29 is 22.3 Å². The molecule has 1 amide bonds. The normalized spacial score (nSPS) is 20.1. The maximum absolute atomic E-state index is 14.5. The van der Waals surface area contributed by atoms with Crippen molar-refractivity contribution in [1.29, 1.82) is 0 Å². The number of fused-ring (bicyclic) bond motifs is 4. The molecule has 180 valence electrons. The molecule has 34 heavy (non-hydrogen) atoms. The molecule has 5 N–H and O–H groups in total. The number of hydrazine groups is 1. The molecule has 1 unspecified atom stereocenters. The van der Waals surface area contributed by atoms with Gasteiger partial charge in [0.2, 0.25) is 16.0 Å². The van der Waals surface area contributed by atoms with Crippen LogP contribution in [0.5, 0.6) is 0 Å². The highest BCUT2D eigenvalue weighted by atomic mass is 32.2. The molecule has 0 radical (unpaired) electrons. The van der Waals surface area contributed by atoms with E-state index in [9.17, 15) is 17.6 Å². The van der Waals surface area contributed by atoms with Gasteiger partial charge in [0.15, 0.2) is 6.23 Å². The minimum Gasteiger partial charge on any atom is -0.354 e. The fourth-order valence-corrected chi connectivity index (χ4v) is 5.51. The molecule has 1 saturated carbocycles. The van der Waals surface area contributed by atoms with E-state index in [0.29, 0.717) is 29.6 Å². The number of methoxy groups -OCH3 is 1. The SMILES string of the molecule is COC1c2cc3cnc(Nc4ccc(S(N)(=O)=O)cc4F)nc3n2C2(CCCCC2)C(=O)N1N. The van der Waals surface area contributed by atoms with Gasteiger partial charge in [-0.1, -0.05) is 19.3 Å². The van der Waals surface area contributed by atoms with Gasteiger partial charge in [-0.25, -0.2) is 33.8 Å². The first kappa shape index (κ1) is 22.7. The molecule has 0 bridgehead atoms. The Hall–Kier alpha value is -3.13. The Morgan fingerprint density at radius 2 is 1.97 bits per heavy atom. The number of hydrogen-bond donors (Lipinski definition) is 3. The molecular formula is C21H24FN7O4S. The summed E-state index contributed by atoms with van der Waals surface area (Å²) in [5.41, 5.74) is 0.285. The Balaban J connectivity index is 1.62. The molecule has 13 heteroatoms. The number of benzene rings is 1. The van der Waals surface area contributed by atoms with Crippen LogP contribution in [-0.4, -0.2) is 41.0 Å². The number of carbonyl (C=O) groups excluding carboxylic acids is 1. The van der Waals surface area contributed by atoms with Gasteiger partial charge in [-0.05, 0) is 37.1 Å². The van der Waals surface area contributed by atoms with Crippen LogP contribution in [0.15, 0.2) is 35.4 Å². The molecular weight excluding hydrogens is 465 g/mol. The van der Waals surface area contributed by atoms with Gasteiger partial charge in [-0.3, -0.25) is 4.79 Å². The number of sulfonamides is 1. The molecule has 5 rings (SSSR count). The van der Waals surface area contributed by atoms with E-state index in [1.807, 2.05) is 10.6 Å². The Bertz CT molecular complexity index is 1400. The summed E-state index contributed by atoms with van der Waals surface area (Å²) in [4.78, 5) is 22.0. The Kier molecular flexibility index (Phi) is 5.31. The number of primary sulfonamides is 1. The fourth-order valence-electron chi connectivity index (χ4n) is 4.99. The van der Waals surface area contributed by atoms with Gasteiger partial charge in [-0.15, -0.1) is 0 Å². The monoisotopic (exact) mass is 489 g/mol. The van der Waals surface area contributed by atoms with Crippen molar-refractivity contribution in [1.82, 2.24) is 19.5 Å². The van der Waals surface area contributed by atoms with Crippen LogP contribution in [0.4, 0.5) is 16.0 Å². The average Bonchev–Trinajstić information content (AvgIpc) is 3.18. The zero-order valence-electron chi connectivity index (χ0n) is 18.4. The van der Waals surface area contributed by atoms with E-state index in [-0.39, 0.29) is 22.4 Å². The molecule has 1 spiro atoms. The molecule has 3 aromatic rings. The van der Waals surface area contributed by atoms with E-state index < -0.39 is 27.6 Å². The minimum absolute atomic E-state index is 0.0245. The van der Waals surface area contributed by atoms with E-state index in [1.165, 1.54) is 19.2 Å². The lowest BCUT2D eigenvalue weighted by Crippen LogP contribution is -2.60. The van der Waals surface area contributed by atoms with Gasteiger partial charge < -0.3 is 14.6 Å². The molecule has 1 aliphatic heterocycles. The zero-order chi connectivity index (χ0) is 24.3. The number of ether oxygens (including phenoxy) is 1. The summed E-state index contributed by atoms with van der Waals surface area (Å²) < 4.78 is 44.9. The Morgan fingerprint density at radius 1 is 1.24 bits per heavy atom. The molecule has 1 aromatic carbocycles. The number of rotatable bonds is 4. The van der Waals surface area contributed by atoms with Crippen molar-refractivity contribution in [3.05, 3.63) is 42.0 Å². The second kappa shape index (κ2) is 7.98. The third-order valence-corrected chi connectivity index (χ3v) is 7.47. The lowest BCUT2D eigenvalue weighted by atomic mass is 9.79. The predicted octanol–water partition coefficient (Wildman–Crippen LogP) is 1.98. The second-order valence-electron chi connectivity index (χ2n) is 8.58. The summed E-state index contributed by atoms with van der Waals surface area (Å²) in [5.74, 6) is 5.19. The second-order valence-corrected chi connectivity index (χ2v) is 10.1. The topological polar surface area (TPSA) is 158 Å². The molecule has 1 atom stereocenters. The minimum atomic E-state index is -4.04. The third-order valence-electron chi connectivity index (χ3n) is 6.56. The maximum atomic E-state index is 14.5. The summed E-state index contributed by atoms with van der Waals surface area (Å²) in [6.07, 6.45) is 4.78. The number of halogens is 1. The van der Waals surface area contributed by atoms with Crippen LogP contribution >= 0.6 is 0 Å². The van der Waals surface area contributed by atoms with Crippen LogP contribution in [0.2, 0.25) is 0 Å². The number of anilines is 2. The number of nitrogens with one attached hydrogen (secondary N) is 1. The van der Waals surface area contributed by atoms with Crippen molar-refractivity contribution >= 4 is 38.6 Å². The van der Waals surface area contributed by atoms with E-state index >= 15 is 0 Å². The predicted molar refractivity (Wildman–Crippen MR) is 120 cm³/mol. The number of hydrogen-bond acceptors (Lipinski definition) is 8. The molecule has 0 saturated heterocycles. The summed E-state index contributed by atoms with van der Waals surface area (Å²) in [6.45, 7) is 0. The summed E-state index contributed by atoms with van der Waals surface area (Å²) in [7, 11) is -2.56. The van der Waals surface area contributed by atoms with Crippen LogP contribution < -0.4 is 16.3 Å². The highest BCUT2D eigenvalue weighted by molar-refractivity contribution is 7.89. The van der Waals surface area contributed by atoms with Crippen LogP contribution in [0.3, 0.4) is 0 Å². The Labute approximate surface area is 194 Å². The van der Waals surface area contributed by atoms with Crippen molar-refractivity contribution in [3.63, 3.8) is 0 Å². The fraction of sp³-hybridized carbons (Fsp3) is 0.381. The highest BCUT2D eigenvalue weighted by Crippen LogP contribution is 2.46. The Morgan fingerprint density at radius 3 is 2.62 bits per heavy atom. The first-order chi connectivity index (χ1) is 16.2. The standard InChI is InChI=1S/C21H24FN7O4S/c1-33-18-16-9-12-11-25-20(26-15-6-5-13(10-14(15)22)34(24,31)32)27-17(12)28(16)21(19(30)29(18)23)7-3-2-4-8-21/h5-6,9-11,18H,2-4,7-8,23H2,1H3,(H2,24,31,32)(H,25,26,27). The lowest BCUT2D eigenvalue weighted by molar-refractivity contribution is -0.164. The maximum Gasteiger partial charge on any atom is 0.265 e. The molecule has 11 nitrogen and oxygen atoms in total. The average molecular weight is 490 g/mol. The van der Waals surface area contributed by atoms with Crippen LogP contribution in [-0.2, 0) is 25.1 Å². The summed E-state index contributed by atoms with van der Waals surface area (Å²) in [6, 6.07) is 5.10. The largest absolute Gasteiger partial charge is 0.354 e. The lowest BCUT2D eigenvalue weighted by Gasteiger charge is -2.46. The number of nitrogens with zero attached hydrogens (tertiary/aromatic N) is 4. The van der Waals surface area contributed by atoms with Crippen molar-refractivity contribution in [2.24, 2.45) is 11.0 Å². The van der Waals surface area contributed by atoms with Crippen LogP contribution in [0, 0.1) is 5.82 Å². The van der Waals surface area contributed by atoms with E-state index in [1.54, 1.807) is 6.20 Å². The molecule has 2 aliphatic rings. The van der Waals surface area contributed by atoms with Crippen molar-refractivity contribution in [2.45, 2.75) is 48.8 Å². The number of nitrogens with two attached hydrogens (primary N) is 2. The first-order valence-corrected chi connectivity index (χ1v) is 12.3. The van der Waals surface area contributed by atoms with E-state index in [4.69, 9.17) is 15.7 Å². The molecule has 3 heterocycles. The smallest absolute Gasteiger partial charge is 0.265 e. The van der Waals surface area contributed by atoms with Crippen LogP contribution in [0.25, 0.3) is 11.0 Å². The number of amides is 1.